The molecule has 0 aromatic carbocycles. The lowest BCUT2D eigenvalue weighted by atomic mass is 10.2. The Balaban J connectivity index is 3.54. The van der Waals surface area contributed by atoms with Gasteiger partial charge in [-0.25, -0.2) is 0 Å². The lowest BCUT2D eigenvalue weighted by molar-refractivity contribution is -0.138. The highest BCUT2D eigenvalue weighted by Crippen LogP contribution is 2.24. The third-order valence-corrected chi connectivity index (χ3v) is 2.86. The van der Waals surface area contributed by atoms with Crippen molar-refractivity contribution in [1.82, 2.24) is 0 Å². The molecule has 0 amide bonds. The van der Waals surface area contributed by atoms with Gasteiger partial charge in [0.15, 0.2) is 0 Å². The fraction of sp³-hybridized carbons (Fsp3) is 0.875. The van der Waals surface area contributed by atoms with Gasteiger partial charge in [0.25, 0.3) is 0 Å². The normalized spacial score (nSPS) is 11.6. The van der Waals surface area contributed by atoms with Crippen molar-refractivity contribution in [3.63, 3.8) is 0 Å². The zero-order chi connectivity index (χ0) is 9.61. The number of carboxylic acid groups (broad SMARTS) is 1. The molecule has 0 aliphatic heterocycles. The molecule has 0 spiro atoms. The van der Waals surface area contributed by atoms with E-state index in [9.17, 15) is 4.79 Å². The van der Waals surface area contributed by atoms with Crippen LogP contribution in [0.1, 0.15) is 20.3 Å². The Hall–Kier alpha value is -0.220. The predicted octanol–water partition coefficient (Wildman–Crippen LogP) is 1.62. The first-order chi connectivity index (χ1) is 5.50. The van der Waals surface area contributed by atoms with Crippen LogP contribution in [0.2, 0.25) is 0 Å². The third kappa shape index (κ3) is 4.62. The monoisotopic (exact) mass is 192 g/mol. The third-order valence-electron chi connectivity index (χ3n) is 1.47. The number of methoxy groups -OCH3 is 1. The first-order valence-electron chi connectivity index (χ1n) is 3.87. The molecule has 3 nitrogen and oxygen atoms in total. The quantitative estimate of drug-likeness (QED) is 0.650. The second-order valence-electron chi connectivity index (χ2n) is 3.01. The van der Waals surface area contributed by atoms with Crippen LogP contribution in [0.5, 0.6) is 0 Å². The summed E-state index contributed by atoms with van der Waals surface area (Å²) in [4.78, 5) is 10.6. The molecule has 72 valence electrons. The predicted molar refractivity (Wildman–Crippen MR) is 50.7 cm³/mol. The van der Waals surface area contributed by atoms with Gasteiger partial charge in [0.2, 0.25) is 0 Å². The minimum Gasteiger partial charge on any atom is -0.480 e. The summed E-state index contributed by atoms with van der Waals surface area (Å²) in [6.45, 7) is 4.13. The van der Waals surface area contributed by atoms with Crippen LogP contribution in [0.4, 0.5) is 0 Å². The number of hydrogen-bond acceptors (Lipinski definition) is 3. The number of carbonyl (C=O) groups is 1. The number of aliphatic carboxylic acids is 1. The van der Waals surface area contributed by atoms with Crippen molar-refractivity contribution in [2.75, 3.05) is 19.5 Å². The van der Waals surface area contributed by atoms with Crippen LogP contribution in [-0.4, -0.2) is 35.3 Å². The van der Waals surface area contributed by atoms with Gasteiger partial charge in [-0.3, -0.25) is 4.79 Å². The summed E-state index contributed by atoms with van der Waals surface area (Å²) in [7, 11) is 1.65. The van der Waals surface area contributed by atoms with Crippen LogP contribution < -0.4 is 0 Å². The molecule has 4 heteroatoms. The molecular formula is C8H16O3S. The molecule has 0 atom stereocenters. The van der Waals surface area contributed by atoms with Crippen LogP contribution in [-0.2, 0) is 9.53 Å². The summed E-state index contributed by atoms with van der Waals surface area (Å²) in [6, 6.07) is 0. The van der Waals surface area contributed by atoms with Gasteiger partial charge in [0, 0.05) is 13.7 Å². The van der Waals surface area contributed by atoms with E-state index >= 15 is 0 Å². The average Bonchev–Trinajstić information content (AvgIpc) is 1.98. The Morgan fingerprint density at radius 1 is 1.58 bits per heavy atom. The number of rotatable bonds is 6. The lowest BCUT2D eigenvalue weighted by Gasteiger charge is -2.17. The van der Waals surface area contributed by atoms with Gasteiger partial charge in [-0.1, -0.05) is 0 Å². The van der Waals surface area contributed by atoms with Gasteiger partial charge in [0.1, 0.15) is 4.75 Å². The highest BCUT2D eigenvalue weighted by Gasteiger charge is 2.26. The lowest BCUT2D eigenvalue weighted by Crippen LogP contribution is -2.27. The molecular weight excluding hydrogens is 176 g/mol. The largest absolute Gasteiger partial charge is 0.480 e. The standard InChI is InChI=1S/C8H16O3S/c1-8(2,7(9)10)12-6-4-5-11-3/h4-6H2,1-3H3,(H,9,10). The van der Waals surface area contributed by atoms with E-state index in [0.717, 1.165) is 12.2 Å². The summed E-state index contributed by atoms with van der Waals surface area (Å²) >= 11 is 1.45. The highest BCUT2D eigenvalue weighted by atomic mass is 32.2. The van der Waals surface area contributed by atoms with Crippen molar-refractivity contribution in [3.05, 3.63) is 0 Å². The van der Waals surface area contributed by atoms with Gasteiger partial charge < -0.3 is 9.84 Å². The van der Waals surface area contributed by atoms with Crippen LogP contribution in [0, 0.1) is 0 Å². The average molecular weight is 192 g/mol. The van der Waals surface area contributed by atoms with E-state index in [1.54, 1.807) is 21.0 Å². The van der Waals surface area contributed by atoms with Gasteiger partial charge in [0.05, 0.1) is 0 Å². The van der Waals surface area contributed by atoms with Crippen LogP contribution in [0.3, 0.4) is 0 Å². The fourth-order valence-corrected chi connectivity index (χ4v) is 1.49. The van der Waals surface area contributed by atoms with E-state index in [1.807, 2.05) is 0 Å². The Kier molecular flexibility index (Phi) is 5.33. The smallest absolute Gasteiger partial charge is 0.319 e. The first kappa shape index (κ1) is 11.8. The van der Waals surface area contributed by atoms with Crippen molar-refractivity contribution >= 4 is 17.7 Å². The second-order valence-corrected chi connectivity index (χ2v) is 4.73. The molecule has 0 rings (SSSR count). The Labute approximate surface area is 77.5 Å². The van der Waals surface area contributed by atoms with Crippen molar-refractivity contribution in [1.29, 1.82) is 0 Å². The molecule has 0 heterocycles. The number of hydrogen-bond donors (Lipinski definition) is 1. The maximum Gasteiger partial charge on any atom is 0.319 e. The molecule has 0 aliphatic rings. The van der Waals surface area contributed by atoms with E-state index in [4.69, 9.17) is 9.84 Å². The summed E-state index contributed by atoms with van der Waals surface area (Å²) in [6.07, 6.45) is 0.901. The number of thioether (sulfide) groups is 1. The van der Waals surface area contributed by atoms with E-state index in [-0.39, 0.29) is 0 Å². The Bertz CT molecular complexity index is 145. The molecule has 0 radical (unpaired) electrons. The van der Waals surface area contributed by atoms with Crippen LogP contribution >= 0.6 is 11.8 Å². The Morgan fingerprint density at radius 2 is 2.17 bits per heavy atom. The maximum absolute atomic E-state index is 10.6. The van der Waals surface area contributed by atoms with Crippen LogP contribution in [0.15, 0.2) is 0 Å². The summed E-state index contributed by atoms with van der Waals surface area (Å²) in [5.41, 5.74) is 0. The minimum absolute atomic E-state index is 0.673. The summed E-state index contributed by atoms with van der Waals surface area (Å²) in [5, 5.41) is 8.75. The van der Waals surface area contributed by atoms with Gasteiger partial charge in [-0.05, 0) is 26.0 Å². The van der Waals surface area contributed by atoms with Crippen molar-refractivity contribution in [2.45, 2.75) is 25.0 Å². The maximum atomic E-state index is 10.6. The van der Waals surface area contributed by atoms with Crippen LogP contribution in [0.25, 0.3) is 0 Å². The molecule has 1 N–H and O–H groups in total. The van der Waals surface area contributed by atoms with Crippen molar-refractivity contribution < 1.29 is 14.6 Å². The number of ether oxygens (including phenoxy) is 1. The van der Waals surface area contributed by atoms with E-state index in [1.165, 1.54) is 11.8 Å². The van der Waals surface area contributed by atoms with Crippen molar-refractivity contribution in [3.8, 4) is 0 Å². The Morgan fingerprint density at radius 3 is 2.58 bits per heavy atom. The zero-order valence-corrected chi connectivity index (χ0v) is 8.61. The fourth-order valence-electron chi connectivity index (χ4n) is 0.592. The van der Waals surface area contributed by atoms with Gasteiger partial charge in [-0.15, -0.1) is 11.8 Å². The first-order valence-corrected chi connectivity index (χ1v) is 4.85. The molecule has 0 fully saturated rings. The molecule has 0 aliphatic carbocycles. The summed E-state index contributed by atoms with van der Waals surface area (Å²) in [5.74, 6) is 0.0672. The van der Waals surface area contributed by atoms with Crippen molar-refractivity contribution in [2.24, 2.45) is 0 Å². The topological polar surface area (TPSA) is 46.5 Å². The summed E-state index contributed by atoms with van der Waals surface area (Å²) < 4.78 is 4.18. The zero-order valence-electron chi connectivity index (χ0n) is 7.79. The molecule has 0 saturated carbocycles. The molecule has 12 heavy (non-hydrogen) atoms. The van der Waals surface area contributed by atoms with E-state index < -0.39 is 10.7 Å². The minimum atomic E-state index is -0.759. The van der Waals surface area contributed by atoms with Gasteiger partial charge in [-0.2, -0.15) is 0 Å². The molecule has 0 unspecified atom stereocenters. The molecule has 0 aromatic heterocycles. The van der Waals surface area contributed by atoms with E-state index in [2.05, 4.69) is 0 Å². The highest BCUT2D eigenvalue weighted by molar-refractivity contribution is 8.01. The molecule has 0 aromatic rings. The molecule has 0 saturated heterocycles. The molecule has 0 bridgehead atoms. The van der Waals surface area contributed by atoms with Gasteiger partial charge >= 0.3 is 5.97 Å². The SMILES string of the molecule is COCCCSC(C)(C)C(=O)O. The second kappa shape index (κ2) is 5.43. The van der Waals surface area contributed by atoms with E-state index in [0.29, 0.717) is 6.61 Å². The number of carboxylic acids is 1.